The van der Waals surface area contributed by atoms with Crippen LogP contribution in [0, 0.1) is 6.92 Å². The molecule has 1 aliphatic rings. The molecule has 31 heavy (non-hydrogen) atoms. The SMILES string of the molecule is COc1cccc(NC(=O)c2ccc(N3CCc4cc5ccc(C)cc5nc43)cc2)c1. The molecule has 1 aromatic heterocycles. The van der Waals surface area contributed by atoms with E-state index in [0.717, 1.165) is 30.0 Å². The Balaban J connectivity index is 1.38. The van der Waals surface area contributed by atoms with Gasteiger partial charge in [0.2, 0.25) is 0 Å². The van der Waals surface area contributed by atoms with Crippen LogP contribution in [-0.2, 0) is 6.42 Å². The van der Waals surface area contributed by atoms with Gasteiger partial charge in [-0.05, 0) is 73.0 Å². The number of fused-ring (bicyclic) bond motifs is 2. The average Bonchev–Trinajstić information content (AvgIpc) is 3.20. The van der Waals surface area contributed by atoms with E-state index in [0.29, 0.717) is 17.0 Å². The first kappa shape index (κ1) is 19.1. The van der Waals surface area contributed by atoms with Crippen LogP contribution in [0.3, 0.4) is 0 Å². The number of amides is 1. The number of aryl methyl sites for hydroxylation is 1. The smallest absolute Gasteiger partial charge is 0.255 e. The average molecular weight is 409 g/mol. The first-order valence-corrected chi connectivity index (χ1v) is 10.3. The summed E-state index contributed by atoms with van der Waals surface area (Å²) in [6.07, 6.45) is 0.963. The number of nitrogens with zero attached hydrogens (tertiary/aromatic N) is 2. The summed E-state index contributed by atoms with van der Waals surface area (Å²) in [4.78, 5) is 19.8. The molecular weight excluding hydrogens is 386 g/mol. The quantitative estimate of drug-likeness (QED) is 0.484. The summed E-state index contributed by atoms with van der Waals surface area (Å²) in [6, 6.07) is 23.6. The fourth-order valence-electron chi connectivity index (χ4n) is 4.01. The Kier molecular flexibility index (Phi) is 4.79. The monoisotopic (exact) mass is 409 g/mol. The molecule has 1 aliphatic heterocycles. The van der Waals surface area contributed by atoms with Crippen LogP contribution < -0.4 is 15.0 Å². The third kappa shape index (κ3) is 3.70. The summed E-state index contributed by atoms with van der Waals surface area (Å²) in [5.74, 6) is 1.56. The van der Waals surface area contributed by atoms with Crippen molar-refractivity contribution in [2.75, 3.05) is 23.9 Å². The number of hydrogen-bond acceptors (Lipinski definition) is 4. The fourth-order valence-corrected chi connectivity index (χ4v) is 4.01. The molecule has 154 valence electrons. The molecule has 1 N–H and O–H groups in total. The van der Waals surface area contributed by atoms with Gasteiger partial charge in [-0.2, -0.15) is 0 Å². The number of ether oxygens (including phenoxy) is 1. The molecule has 0 spiro atoms. The van der Waals surface area contributed by atoms with E-state index in [1.807, 2.05) is 42.5 Å². The lowest BCUT2D eigenvalue weighted by Crippen LogP contribution is -2.15. The number of benzene rings is 3. The lowest BCUT2D eigenvalue weighted by molar-refractivity contribution is 0.102. The molecule has 0 aliphatic carbocycles. The van der Waals surface area contributed by atoms with Gasteiger partial charge < -0.3 is 15.0 Å². The zero-order valence-corrected chi connectivity index (χ0v) is 17.6. The Bertz CT molecular complexity index is 1280. The van der Waals surface area contributed by atoms with Crippen LogP contribution in [0.1, 0.15) is 21.5 Å². The highest BCUT2D eigenvalue weighted by Gasteiger charge is 2.23. The van der Waals surface area contributed by atoms with E-state index in [1.54, 1.807) is 13.2 Å². The van der Waals surface area contributed by atoms with Crippen molar-refractivity contribution in [3.8, 4) is 5.75 Å². The van der Waals surface area contributed by atoms with Crippen LogP contribution >= 0.6 is 0 Å². The second-order valence-electron chi connectivity index (χ2n) is 7.80. The van der Waals surface area contributed by atoms with Crippen molar-refractivity contribution in [3.63, 3.8) is 0 Å². The number of nitrogens with one attached hydrogen (secondary N) is 1. The molecule has 0 bridgehead atoms. The maximum Gasteiger partial charge on any atom is 0.255 e. The van der Waals surface area contributed by atoms with Crippen molar-refractivity contribution in [2.45, 2.75) is 13.3 Å². The van der Waals surface area contributed by atoms with Gasteiger partial charge in [0.05, 0.1) is 12.6 Å². The van der Waals surface area contributed by atoms with E-state index in [-0.39, 0.29) is 5.91 Å². The third-order valence-electron chi connectivity index (χ3n) is 5.66. The highest BCUT2D eigenvalue weighted by atomic mass is 16.5. The Morgan fingerprint density at radius 2 is 1.87 bits per heavy atom. The maximum absolute atomic E-state index is 12.6. The zero-order valence-electron chi connectivity index (χ0n) is 17.6. The topological polar surface area (TPSA) is 54.5 Å². The summed E-state index contributed by atoms with van der Waals surface area (Å²) in [5, 5.41) is 4.09. The minimum atomic E-state index is -0.152. The molecule has 0 saturated carbocycles. The minimum absolute atomic E-state index is 0.152. The van der Waals surface area contributed by atoms with Crippen LogP contribution in [0.2, 0.25) is 0 Å². The highest BCUT2D eigenvalue weighted by Crippen LogP contribution is 2.35. The van der Waals surface area contributed by atoms with Crippen LogP contribution in [-0.4, -0.2) is 24.5 Å². The first-order valence-electron chi connectivity index (χ1n) is 10.3. The molecule has 0 unspecified atom stereocenters. The van der Waals surface area contributed by atoms with Crippen molar-refractivity contribution < 1.29 is 9.53 Å². The number of rotatable bonds is 4. The molecule has 2 heterocycles. The van der Waals surface area contributed by atoms with Gasteiger partial charge in [0, 0.05) is 34.9 Å². The van der Waals surface area contributed by atoms with E-state index in [9.17, 15) is 4.79 Å². The van der Waals surface area contributed by atoms with Crippen molar-refractivity contribution in [1.82, 2.24) is 4.98 Å². The molecule has 1 amide bonds. The molecule has 5 heteroatoms. The van der Waals surface area contributed by atoms with Crippen molar-refractivity contribution in [1.29, 1.82) is 0 Å². The second kappa shape index (κ2) is 7.76. The van der Waals surface area contributed by atoms with Gasteiger partial charge >= 0.3 is 0 Å². The van der Waals surface area contributed by atoms with Gasteiger partial charge in [0.15, 0.2) is 0 Å². The zero-order chi connectivity index (χ0) is 21.4. The number of hydrogen-bond donors (Lipinski definition) is 1. The highest BCUT2D eigenvalue weighted by molar-refractivity contribution is 6.04. The van der Waals surface area contributed by atoms with E-state index >= 15 is 0 Å². The predicted molar refractivity (Wildman–Crippen MR) is 125 cm³/mol. The number of pyridine rings is 1. The van der Waals surface area contributed by atoms with Gasteiger partial charge in [-0.25, -0.2) is 4.98 Å². The van der Waals surface area contributed by atoms with Crippen LogP contribution in [0.15, 0.2) is 72.8 Å². The molecular formula is C26H23N3O2. The van der Waals surface area contributed by atoms with Crippen LogP contribution in [0.5, 0.6) is 5.75 Å². The number of methoxy groups -OCH3 is 1. The van der Waals surface area contributed by atoms with Crippen LogP contribution in [0.4, 0.5) is 17.2 Å². The van der Waals surface area contributed by atoms with Crippen molar-refractivity contribution >= 4 is 34.0 Å². The fraction of sp³-hybridized carbons (Fsp3) is 0.154. The molecule has 0 saturated heterocycles. The van der Waals surface area contributed by atoms with Gasteiger partial charge in [0.1, 0.15) is 11.6 Å². The third-order valence-corrected chi connectivity index (χ3v) is 5.66. The second-order valence-corrected chi connectivity index (χ2v) is 7.80. The van der Waals surface area contributed by atoms with Gasteiger partial charge in [-0.15, -0.1) is 0 Å². The normalized spacial score (nSPS) is 12.6. The summed E-state index contributed by atoms with van der Waals surface area (Å²) in [6.45, 7) is 2.97. The number of carbonyl (C=O) groups is 1. The van der Waals surface area contributed by atoms with E-state index < -0.39 is 0 Å². The summed E-state index contributed by atoms with van der Waals surface area (Å²) in [5.41, 5.74) is 5.82. The van der Waals surface area contributed by atoms with Gasteiger partial charge in [0.25, 0.3) is 5.91 Å². The maximum atomic E-state index is 12.6. The summed E-state index contributed by atoms with van der Waals surface area (Å²) in [7, 11) is 1.61. The number of aromatic nitrogens is 1. The summed E-state index contributed by atoms with van der Waals surface area (Å²) >= 11 is 0. The molecule has 0 radical (unpaired) electrons. The van der Waals surface area contributed by atoms with Gasteiger partial charge in [-0.1, -0.05) is 18.2 Å². The molecule has 3 aromatic carbocycles. The number of anilines is 3. The molecule has 5 nitrogen and oxygen atoms in total. The molecule has 0 atom stereocenters. The lowest BCUT2D eigenvalue weighted by Gasteiger charge is -2.19. The Morgan fingerprint density at radius 3 is 2.68 bits per heavy atom. The van der Waals surface area contributed by atoms with E-state index in [2.05, 4.69) is 41.4 Å². The Morgan fingerprint density at radius 1 is 1.03 bits per heavy atom. The van der Waals surface area contributed by atoms with Crippen molar-refractivity contribution in [3.05, 3.63) is 89.5 Å². The van der Waals surface area contributed by atoms with Gasteiger partial charge in [-0.3, -0.25) is 4.79 Å². The van der Waals surface area contributed by atoms with Crippen LogP contribution in [0.25, 0.3) is 10.9 Å². The molecule has 4 aromatic rings. The largest absolute Gasteiger partial charge is 0.497 e. The van der Waals surface area contributed by atoms with Crippen molar-refractivity contribution in [2.24, 2.45) is 0 Å². The minimum Gasteiger partial charge on any atom is -0.497 e. The first-order chi connectivity index (χ1) is 15.1. The lowest BCUT2D eigenvalue weighted by atomic mass is 10.1. The molecule has 0 fully saturated rings. The van der Waals surface area contributed by atoms with E-state index in [4.69, 9.17) is 9.72 Å². The molecule has 5 rings (SSSR count). The Labute approximate surface area is 181 Å². The number of carbonyl (C=O) groups excluding carboxylic acids is 1. The predicted octanol–water partition coefficient (Wildman–Crippen LogP) is 5.50. The van der Waals surface area contributed by atoms with E-state index in [1.165, 1.54) is 16.5 Å². The standard InChI is InChI=1S/C26H23N3O2/c1-17-6-7-19-15-20-12-13-29(25(20)28-24(19)14-17)22-10-8-18(9-11-22)26(30)27-21-4-3-5-23(16-21)31-2/h3-11,14-16H,12-13H2,1-2H3,(H,27,30). The summed E-state index contributed by atoms with van der Waals surface area (Å²) < 4.78 is 5.21. The Hall–Kier alpha value is -3.86.